The fourth-order valence-electron chi connectivity index (χ4n) is 1.66. The number of hydrogen-bond acceptors (Lipinski definition) is 2. The van der Waals surface area contributed by atoms with Crippen LogP contribution in [0, 0.1) is 19.3 Å². The van der Waals surface area contributed by atoms with Gasteiger partial charge in [0, 0.05) is 15.7 Å². The van der Waals surface area contributed by atoms with Crippen molar-refractivity contribution in [1.82, 2.24) is 10.6 Å². The van der Waals surface area contributed by atoms with Crippen LogP contribution >= 0.6 is 15.9 Å². The summed E-state index contributed by atoms with van der Waals surface area (Å²) in [5, 5.41) is 15.9. The van der Waals surface area contributed by atoms with Crippen LogP contribution in [0.4, 0.5) is 10.5 Å². The number of anilines is 1. The fraction of sp³-hybridized carbons (Fsp3) is 0.429. The van der Waals surface area contributed by atoms with Gasteiger partial charge in [-0.05, 0) is 51.8 Å². The van der Waals surface area contributed by atoms with Crippen LogP contribution in [0.1, 0.15) is 31.9 Å². The van der Waals surface area contributed by atoms with Crippen molar-refractivity contribution < 1.29 is 4.79 Å². The molecule has 0 aliphatic rings. The Morgan fingerprint density at radius 1 is 1.25 bits per heavy atom. The van der Waals surface area contributed by atoms with E-state index >= 15 is 0 Å². The number of halogens is 1. The third-order valence-electron chi connectivity index (χ3n) is 2.58. The van der Waals surface area contributed by atoms with E-state index < -0.39 is 6.03 Å². The first-order valence-electron chi connectivity index (χ1n) is 6.30. The molecule has 0 aliphatic heterocycles. The molecule has 0 saturated heterocycles. The summed E-state index contributed by atoms with van der Waals surface area (Å²) in [7, 11) is 0. The topological polar surface area (TPSA) is 77.0 Å². The van der Waals surface area contributed by atoms with Gasteiger partial charge in [-0.15, -0.1) is 0 Å². The van der Waals surface area contributed by atoms with Gasteiger partial charge in [-0.3, -0.25) is 10.7 Å². The smallest absolute Gasteiger partial charge is 0.321 e. The van der Waals surface area contributed by atoms with E-state index in [1.807, 2.05) is 46.8 Å². The summed E-state index contributed by atoms with van der Waals surface area (Å²) >= 11 is 3.45. The quantitative estimate of drug-likeness (QED) is 0.466. The number of carbonyl (C=O) groups excluding carboxylic acids is 1. The number of nitrogens with one attached hydrogen (secondary N) is 4. The normalized spacial score (nSPS) is 10.9. The molecule has 1 aromatic rings. The minimum absolute atomic E-state index is 0.0592. The number of guanidine groups is 1. The summed E-state index contributed by atoms with van der Waals surface area (Å²) < 4.78 is 0.956. The Morgan fingerprint density at radius 2 is 1.85 bits per heavy atom. The molecule has 0 unspecified atom stereocenters. The molecule has 20 heavy (non-hydrogen) atoms. The molecule has 0 fully saturated rings. The second kappa shape index (κ2) is 6.26. The Labute approximate surface area is 128 Å². The van der Waals surface area contributed by atoms with Gasteiger partial charge in [0.05, 0.1) is 0 Å². The van der Waals surface area contributed by atoms with Crippen molar-refractivity contribution in [3.63, 3.8) is 0 Å². The lowest BCUT2D eigenvalue weighted by atomic mass is 10.1. The molecule has 0 heterocycles. The van der Waals surface area contributed by atoms with E-state index in [9.17, 15) is 4.79 Å². The lowest BCUT2D eigenvalue weighted by molar-refractivity contribution is 0.236. The number of aryl methyl sites for hydroxylation is 1. The number of hydrogen-bond donors (Lipinski definition) is 4. The lowest BCUT2D eigenvalue weighted by Gasteiger charge is -2.21. The van der Waals surface area contributed by atoms with Crippen molar-refractivity contribution >= 4 is 33.6 Å². The maximum absolute atomic E-state index is 11.7. The number of carbonyl (C=O) groups is 1. The van der Waals surface area contributed by atoms with Crippen LogP contribution < -0.4 is 16.0 Å². The third kappa shape index (κ3) is 4.85. The average molecular weight is 341 g/mol. The van der Waals surface area contributed by atoms with Gasteiger partial charge in [-0.25, -0.2) is 4.79 Å². The lowest BCUT2D eigenvalue weighted by Crippen LogP contribution is -2.49. The molecule has 0 atom stereocenters. The van der Waals surface area contributed by atoms with Crippen LogP contribution in [0.5, 0.6) is 0 Å². The molecule has 4 N–H and O–H groups in total. The monoisotopic (exact) mass is 340 g/mol. The van der Waals surface area contributed by atoms with Crippen molar-refractivity contribution in [2.45, 2.75) is 40.2 Å². The Hall–Kier alpha value is -1.56. The van der Waals surface area contributed by atoms with Crippen molar-refractivity contribution in [1.29, 1.82) is 5.41 Å². The zero-order valence-corrected chi connectivity index (χ0v) is 14.0. The van der Waals surface area contributed by atoms with Gasteiger partial charge in [0.2, 0.25) is 5.96 Å². The van der Waals surface area contributed by atoms with Crippen LogP contribution in [0.3, 0.4) is 0 Å². The third-order valence-corrected chi connectivity index (χ3v) is 3.44. The van der Waals surface area contributed by atoms with Crippen LogP contribution in [-0.2, 0) is 0 Å². The van der Waals surface area contributed by atoms with E-state index in [0.29, 0.717) is 0 Å². The highest BCUT2D eigenvalue weighted by molar-refractivity contribution is 9.10. The second-order valence-electron chi connectivity index (χ2n) is 5.69. The highest BCUT2D eigenvalue weighted by atomic mass is 79.9. The summed E-state index contributed by atoms with van der Waals surface area (Å²) in [6, 6.07) is 3.50. The molecular weight excluding hydrogens is 320 g/mol. The number of rotatable bonds is 1. The van der Waals surface area contributed by atoms with Crippen molar-refractivity contribution in [3.8, 4) is 0 Å². The number of amides is 2. The van der Waals surface area contributed by atoms with Gasteiger partial charge >= 0.3 is 6.03 Å². The number of benzene rings is 1. The Morgan fingerprint density at radius 3 is 2.40 bits per heavy atom. The average Bonchev–Trinajstić information content (AvgIpc) is 2.27. The van der Waals surface area contributed by atoms with E-state index in [4.69, 9.17) is 5.41 Å². The van der Waals surface area contributed by atoms with Crippen molar-refractivity contribution in [2.75, 3.05) is 5.32 Å². The van der Waals surface area contributed by atoms with Crippen LogP contribution in [0.25, 0.3) is 0 Å². The zero-order chi connectivity index (χ0) is 15.5. The molecular formula is C14H21BrN4O. The van der Waals surface area contributed by atoms with Crippen molar-refractivity contribution in [3.05, 3.63) is 27.7 Å². The first-order chi connectivity index (χ1) is 9.10. The van der Waals surface area contributed by atoms with E-state index in [-0.39, 0.29) is 11.5 Å². The van der Waals surface area contributed by atoms with Crippen molar-refractivity contribution in [2.24, 2.45) is 0 Å². The highest BCUT2D eigenvalue weighted by Gasteiger charge is 2.15. The molecule has 0 aliphatic carbocycles. The van der Waals surface area contributed by atoms with Gasteiger partial charge < -0.3 is 10.6 Å². The molecule has 1 rings (SSSR count). The van der Waals surface area contributed by atoms with Gasteiger partial charge in [0.25, 0.3) is 0 Å². The Balaban J connectivity index is 2.73. The molecule has 5 nitrogen and oxygen atoms in total. The first kappa shape index (κ1) is 16.5. The van der Waals surface area contributed by atoms with E-state index in [1.54, 1.807) is 0 Å². The molecule has 0 spiro atoms. The Bertz CT molecular complexity index is 535. The standard InChI is InChI=1S/C14H21BrN4O/c1-8-6-7-10(15)9(2)11(8)17-12(16)18-13(20)19-14(3,4)5/h6-7H,1-5H3,(H4,16,17,18,19,20). The fourth-order valence-corrected chi connectivity index (χ4v) is 1.99. The first-order valence-corrected chi connectivity index (χ1v) is 7.10. The molecule has 2 amide bonds. The minimum atomic E-state index is -0.402. The zero-order valence-electron chi connectivity index (χ0n) is 12.4. The number of urea groups is 1. The maximum Gasteiger partial charge on any atom is 0.321 e. The SMILES string of the molecule is Cc1ccc(Br)c(C)c1NC(=N)NC(=O)NC(C)(C)C. The van der Waals surface area contributed by atoms with Crippen LogP contribution in [-0.4, -0.2) is 17.5 Å². The molecule has 110 valence electrons. The van der Waals surface area contributed by atoms with E-state index in [0.717, 1.165) is 21.3 Å². The minimum Gasteiger partial charge on any atom is -0.333 e. The second-order valence-corrected chi connectivity index (χ2v) is 6.55. The van der Waals surface area contributed by atoms with Gasteiger partial charge in [-0.1, -0.05) is 22.0 Å². The maximum atomic E-state index is 11.7. The van der Waals surface area contributed by atoms with Gasteiger partial charge in [0.15, 0.2) is 0 Å². The predicted molar refractivity (Wildman–Crippen MR) is 86.4 cm³/mol. The summed E-state index contributed by atoms with van der Waals surface area (Å²) in [5.41, 5.74) is 2.48. The van der Waals surface area contributed by atoms with E-state index in [2.05, 4.69) is 31.9 Å². The van der Waals surface area contributed by atoms with Crippen LogP contribution in [0.2, 0.25) is 0 Å². The molecule has 0 radical (unpaired) electrons. The molecule has 6 heteroatoms. The largest absolute Gasteiger partial charge is 0.333 e. The molecule has 0 aromatic heterocycles. The molecule has 0 bridgehead atoms. The van der Waals surface area contributed by atoms with Crippen LogP contribution in [0.15, 0.2) is 16.6 Å². The summed E-state index contributed by atoms with van der Waals surface area (Å²) in [4.78, 5) is 11.7. The van der Waals surface area contributed by atoms with E-state index in [1.165, 1.54) is 0 Å². The Kier molecular flexibility index (Phi) is 5.16. The molecule has 1 aromatic carbocycles. The summed E-state index contributed by atoms with van der Waals surface area (Å²) in [6.45, 7) is 9.54. The highest BCUT2D eigenvalue weighted by Crippen LogP contribution is 2.27. The summed E-state index contributed by atoms with van der Waals surface area (Å²) in [5.74, 6) is -0.0592. The predicted octanol–water partition coefficient (Wildman–Crippen LogP) is 3.51. The van der Waals surface area contributed by atoms with Gasteiger partial charge in [0.1, 0.15) is 0 Å². The molecule has 0 saturated carbocycles. The van der Waals surface area contributed by atoms with Gasteiger partial charge in [-0.2, -0.15) is 0 Å². The summed E-state index contributed by atoms with van der Waals surface area (Å²) in [6.07, 6.45) is 0.